The number of nitrogens with one attached hydrogen (secondary N) is 2. The average Bonchev–Trinajstić information content (AvgIpc) is 3.37. The largest absolute Gasteiger partial charge is 0.497 e. The van der Waals surface area contributed by atoms with Gasteiger partial charge >= 0.3 is 0 Å². The van der Waals surface area contributed by atoms with Gasteiger partial charge < -0.3 is 24.1 Å². The molecule has 0 spiro atoms. The Morgan fingerprint density at radius 1 is 0.952 bits per heavy atom. The molecular weight excluding hydrogens is 558 g/mol. The van der Waals surface area contributed by atoms with Crippen molar-refractivity contribution in [1.29, 1.82) is 0 Å². The van der Waals surface area contributed by atoms with Crippen molar-refractivity contribution in [3.8, 4) is 17.2 Å². The van der Waals surface area contributed by atoms with Crippen molar-refractivity contribution in [3.63, 3.8) is 0 Å². The summed E-state index contributed by atoms with van der Waals surface area (Å²) in [6.45, 7) is 8.82. The highest BCUT2D eigenvalue weighted by Gasteiger charge is 2.24. The molecule has 226 valence electrons. The van der Waals surface area contributed by atoms with Crippen LogP contribution >= 0.6 is 0 Å². The Hall–Kier alpha value is -4.10. The molecule has 2 aromatic heterocycles. The molecule has 0 radical (unpaired) electrons. The smallest absolute Gasteiger partial charge is 0.282 e. The topological polar surface area (TPSA) is 133 Å². The molecule has 0 atom stereocenters. The number of fused-ring (bicyclic) bond motifs is 1. The minimum atomic E-state index is -4.12. The number of para-hydroxylation sites is 2. The normalized spacial score (nSPS) is 11.6. The van der Waals surface area contributed by atoms with E-state index in [9.17, 15) is 8.42 Å². The van der Waals surface area contributed by atoms with Gasteiger partial charge in [0.2, 0.25) is 0 Å². The fourth-order valence-electron chi connectivity index (χ4n) is 4.27. The van der Waals surface area contributed by atoms with E-state index >= 15 is 0 Å². The number of anilines is 3. The minimum Gasteiger partial charge on any atom is -0.497 e. The van der Waals surface area contributed by atoms with Gasteiger partial charge in [-0.1, -0.05) is 39.3 Å². The number of benzene rings is 2. The number of unbranched alkanes of at least 4 members (excludes halogenated alkanes) is 1. The van der Waals surface area contributed by atoms with E-state index in [2.05, 4.69) is 45.7 Å². The lowest BCUT2D eigenvalue weighted by molar-refractivity contribution is 0.285. The molecule has 2 N–H and O–H groups in total. The Bertz CT molecular complexity index is 1620. The zero-order chi connectivity index (χ0) is 30.3. The van der Waals surface area contributed by atoms with Gasteiger partial charge in [-0.15, -0.1) is 0 Å². The predicted molar refractivity (Wildman–Crippen MR) is 163 cm³/mol. The molecule has 2 heterocycles. The van der Waals surface area contributed by atoms with Crippen molar-refractivity contribution >= 4 is 38.4 Å². The van der Waals surface area contributed by atoms with Crippen LogP contribution in [0.3, 0.4) is 0 Å². The molecule has 4 aromatic rings. The Kier molecular flexibility index (Phi) is 10.1. The van der Waals surface area contributed by atoms with Crippen LogP contribution in [0.15, 0.2) is 47.6 Å². The van der Waals surface area contributed by atoms with Gasteiger partial charge in [-0.05, 0) is 31.6 Å². The number of imidazole rings is 1. The van der Waals surface area contributed by atoms with E-state index in [0.29, 0.717) is 52.9 Å². The number of nitrogens with zero attached hydrogens (tertiary/aromatic N) is 5. The molecule has 0 amide bonds. The second kappa shape index (κ2) is 13.7. The number of hydrogen-bond donors (Lipinski definition) is 2. The number of hydrogen-bond acceptors (Lipinski definition) is 10. The monoisotopic (exact) mass is 597 g/mol. The minimum absolute atomic E-state index is 0.00550. The van der Waals surface area contributed by atoms with E-state index in [-0.39, 0.29) is 16.7 Å². The Morgan fingerprint density at radius 2 is 1.64 bits per heavy atom. The molecule has 0 bridgehead atoms. The van der Waals surface area contributed by atoms with Gasteiger partial charge in [-0.25, -0.2) is 15.0 Å². The Balaban J connectivity index is 1.76. The highest BCUT2D eigenvalue weighted by Crippen LogP contribution is 2.42. The summed E-state index contributed by atoms with van der Waals surface area (Å²) in [5.74, 6) is 2.24. The Labute approximate surface area is 247 Å². The summed E-state index contributed by atoms with van der Waals surface area (Å²) in [7, 11) is 0.749. The summed E-state index contributed by atoms with van der Waals surface area (Å²) in [6, 6.07) is 10.7. The number of methoxy groups -OCH3 is 2. The van der Waals surface area contributed by atoms with E-state index in [1.54, 1.807) is 50.1 Å². The van der Waals surface area contributed by atoms with E-state index < -0.39 is 10.0 Å². The van der Waals surface area contributed by atoms with Crippen molar-refractivity contribution in [3.05, 3.63) is 48.4 Å². The maximum atomic E-state index is 13.6. The van der Waals surface area contributed by atoms with Gasteiger partial charge in [-0.2, -0.15) is 8.42 Å². The van der Waals surface area contributed by atoms with Crippen LogP contribution in [0.2, 0.25) is 0 Å². The highest BCUT2D eigenvalue weighted by atomic mass is 32.2. The third kappa shape index (κ3) is 7.02. The molecule has 0 saturated heterocycles. The molecule has 4 rings (SSSR count). The average molecular weight is 598 g/mol. The molecular formula is C29H39N7O5S. The number of aryl methyl sites for hydroxylation is 1. The van der Waals surface area contributed by atoms with E-state index in [1.807, 2.05) is 12.1 Å². The van der Waals surface area contributed by atoms with Crippen molar-refractivity contribution in [2.45, 2.75) is 45.2 Å². The first-order valence-corrected chi connectivity index (χ1v) is 15.4. The van der Waals surface area contributed by atoms with Gasteiger partial charge in [0.1, 0.15) is 11.6 Å². The van der Waals surface area contributed by atoms with Gasteiger partial charge in [0.05, 0.1) is 44.1 Å². The number of ether oxygens (including phenoxy) is 3. The zero-order valence-electron chi connectivity index (χ0n) is 25.0. The lowest BCUT2D eigenvalue weighted by Gasteiger charge is -2.19. The maximum Gasteiger partial charge on any atom is 0.282 e. The van der Waals surface area contributed by atoms with Gasteiger partial charge in [0.15, 0.2) is 28.2 Å². The van der Waals surface area contributed by atoms with Crippen LogP contribution in [0.1, 0.15) is 39.4 Å². The third-order valence-corrected chi connectivity index (χ3v) is 7.98. The third-order valence-electron chi connectivity index (χ3n) is 6.77. The van der Waals surface area contributed by atoms with Crippen LogP contribution in [-0.2, 0) is 23.6 Å². The molecule has 12 nitrogen and oxygen atoms in total. The first kappa shape index (κ1) is 30.8. The molecule has 2 aromatic carbocycles. The van der Waals surface area contributed by atoms with Crippen molar-refractivity contribution < 1.29 is 22.6 Å². The Morgan fingerprint density at radius 3 is 2.26 bits per heavy atom. The summed E-state index contributed by atoms with van der Waals surface area (Å²) in [4.78, 5) is 15.9. The van der Waals surface area contributed by atoms with Crippen LogP contribution in [0.4, 0.5) is 17.3 Å². The SMILES string of the molecule is CCCCOc1c(Nc2nc3ccccc3nc2NS(=O)(=O)c2cn(C)c(CN(CC)CC)n2)cc(OC)cc1OC. The summed E-state index contributed by atoms with van der Waals surface area (Å²) in [5.41, 5.74) is 1.57. The highest BCUT2D eigenvalue weighted by molar-refractivity contribution is 7.92. The molecule has 0 saturated carbocycles. The summed E-state index contributed by atoms with van der Waals surface area (Å²) < 4.78 is 48.7. The standard InChI is InChI=1S/C29H39N7O5S/c1-7-10-15-41-27-23(16-20(39-5)17-24(27)40-6)32-28-29(31-22-14-12-11-13-21(22)30-28)34-42(37,38)26-19-35(4)25(33-26)18-36(8-2)9-3/h11-14,16-17,19H,7-10,15,18H2,1-6H3,(H,30,32)(H,31,34). The molecule has 13 heteroatoms. The molecule has 0 aliphatic carbocycles. The molecule has 0 fully saturated rings. The predicted octanol–water partition coefficient (Wildman–Crippen LogP) is 4.95. The van der Waals surface area contributed by atoms with Crippen molar-refractivity contribution in [2.24, 2.45) is 7.05 Å². The fraction of sp³-hybridized carbons (Fsp3) is 0.414. The molecule has 0 unspecified atom stereocenters. The molecule has 0 aliphatic rings. The fourth-order valence-corrected chi connectivity index (χ4v) is 5.29. The van der Waals surface area contributed by atoms with Crippen LogP contribution in [0, 0.1) is 0 Å². The first-order chi connectivity index (χ1) is 20.2. The first-order valence-electron chi connectivity index (χ1n) is 13.9. The van der Waals surface area contributed by atoms with Gasteiger partial charge in [-0.3, -0.25) is 9.62 Å². The number of rotatable bonds is 15. The number of sulfonamides is 1. The van der Waals surface area contributed by atoms with Crippen molar-refractivity contribution in [1.82, 2.24) is 24.4 Å². The van der Waals surface area contributed by atoms with Crippen LogP contribution in [-0.4, -0.2) is 66.8 Å². The second-order valence-corrected chi connectivity index (χ2v) is 11.2. The zero-order valence-corrected chi connectivity index (χ0v) is 25.8. The van der Waals surface area contributed by atoms with Gasteiger partial charge in [0.25, 0.3) is 10.0 Å². The van der Waals surface area contributed by atoms with Crippen LogP contribution in [0.25, 0.3) is 11.0 Å². The van der Waals surface area contributed by atoms with Crippen LogP contribution in [0.5, 0.6) is 17.2 Å². The van der Waals surface area contributed by atoms with E-state index in [0.717, 1.165) is 25.9 Å². The molecule has 42 heavy (non-hydrogen) atoms. The maximum absolute atomic E-state index is 13.6. The summed E-state index contributed by atoms with van der Waals surface area (Å²) in [5, 5.41) is 3.11. The lowest BCUT2D eigenvalue weighted by atomic mass is 10.2. The second-order valence-electron chi connectivity index (χ2n) is 9.62. The quantitative estimate of drug-likeness (QED) is 0.182. The lowest BCUT2D eigenvalue weighted by Crippen LogP contribution is -2.24. The van der Waals surface area contributed by atoms with Gasteiger partial charge in [0, 0.05) is 25.4 Å². The summed E-state index contributed by atoms with van der Waals surface area (Å²) >= 11 is 0. The molecule has 0 aliphatic heterocycles. The van der Waals surface area contributed by atoms with E-state index in [4.69, 9.17) is 19.2 Å². The van der Waals surface area contributed by atoms with Crippen molar-refractivity contribution in [2.75, 3.05) is 44.0 Å². The van der Waals surface area contributed by atoms with Crippen LogP contribution < -0.4 is 24.2 Å². The van der Waals surface area contributed by atoms with E-state index in [1.165, 1.54) is 6.20 Å². The summed E-state index contributed by atoms with van der Waals surface area (Å²) in [6.07, 6.45) is 3.29. The number of aromatic nitrogens is 4.